The van der Waals surface area contributed by atoms with Crippen molar-refractivity contribution in [2.45, 2.75) is 9.79 Å². The number of carbonyl (C=O) groups excluding carboxylic acids is 2. The Morgan fingerprint density at radius 3 is 2.35 bits per heavy atom. The third-order valence-electron chi connectivity index (χ3n) is 6.51. The van der Waals surface area contributed by atoms with E-state index < -0.39 is 21.7 Å². The lowest BCUT2D eigenvalue weighted by atomic mass is 10.0. The van der Waals surface area contributed by atoms with Crippen molar-refractivity contribution < 1.29 is 18.0 Å². The van der Waals surface area contributed by atoms with Crippen molar-refractivity contribution in [2.24, 2.45) is 5.73 Å². The fourth-order valence-electron chi connectivity index (χ4n) is 4.36. The van der Waals surface area contributed by atoms with Gasteiger partial charge in [0, 0.05) is 37.3 Å². The molecule has 0 unspecified atom stereocenters. The molecule has 11 heteroatoms. The number of benzene rings is 3. The summed E-state index contributed by atoms with van der Waals surface area (Å²) in [7, 11) is -1.71. The van der Waals surface area contributed by atoms with Gasteiger partial charge >= 0.3 is 0 Å². The van der Waals surface area contributed by atoms with Gasteiger partial charge in [-0.3, -0.25) is 14.7 Å². The molecule has 2 heterocycles. The van der Waals surface area contributed by atoms with E-state index in [1.54, 1.807) is 42.5 Å². The molecule has 0 atom stereocenters. The summed E-state index contributed by atoms with van der Waals surface area (Å²) >= 11 is 0. The zero-order chi connectivity index (χ0) is 26.2. The maximum atomic E-state index is 13.2. The van der Waals surface area contributed by atoms with Gasteiger partial charge in [0.1, 0.15) is 0 Å². The number of likely N-dealkylation sites (N-methyl/N-ethyl adjacent to an activating group) is 1. The van der Waals surface area contributed by atoms with Crippen molar-refractivity contribution >= 4 is 44.1 Å². The van der Waals surface area contributed by atoms with Crippen LogP contribution >= 0.6 is 0 Å². The number of primary amides is 1. The van der Waals surface area contributed by atoms with Crippen LogP contribution in [0.3, 0.4) is 0 Å². The molecule has 0 saturated carbocycles. The van der Waals surface area contributed by atoms with Crippen LogP contribution in [-0.2, 0) is 9.84 Å². The molecule has 0 bridgehead atoms. The number of rotatable bonds is 6. The summed E-state index contributed by atoms with van der Waals surface area (Å²) in [6.45, 7) is 3.38. The number of anilines is 2. The number of nitrogens with one attached hydrogen (secondary N) is 2. The van der Waals surface area contributed by atoms with Gasteiger partial charge in [0.25, 0.3) is 5.91 Å². The first-order chi connectivity index (χ1) is 17.7. The van der Waals surface area contributed by atoms with Crippen LogP contribution < -0.4 is 16.0 Å². The minimum Gasteiger partial charge on any atom is -0.369 e. The smallest absolute Gasteiger partial charge is 0.257 e. The number of hydrogen-bond acceptors (Lipinski definition) is 7. The van der Waals surface area contributed by atoms with E-state index in [2.05, 4.69) is 32.4 Å². The molecule has 1 saturated heterocycles. The first-order valence-electron chi connectivity index (χ1n) is 11.7. The topological polar surface area (TPSA) is 141 Å². The molecule has 1 fully saturated rings. The van der Waals surface area contributed by atoms with Crippen LogP contribution in [0.25, 0.3) is 10.9 Å². The first-order valence-corrected chi connectivity index (χ1v) is 13.2. The zero-order valence-electron chi connectivity index (χ0n) is 20.1. The summed E-state index contributed by atoms with van der Waals surface area (Å²) < 4.78 is 26.2. The summed E-state index contributed by atoms with van der Waals surface area (Å²) in [6.07, 6.45) is 0. The van der Waals surface area contributed by atoms with Crippen LogP contribution in [0.2, 0.25) is 0 Å². The Hall–Kier alpha value is -4.22. The number of sulfone groups is 1. The highest BCUT2D eigenvalue weighted by atomic mass is 32.2. The average molecular weight is 519 g/mol. The fourth-order valence-corrected chi connectivity index (χ4v) is 5.67. The van der Waals surface area contributed by atoms with Crippen molar-refractivity contribution in [3.05, 3.63) is 77.9 Å². The predicted octanol–water partition coefficient (Wildman–Crippen LogP) is 2.50. The van der Waals surface area contributed by atoms with Crippen LogP contribution in [0.15, 0.2) is 76.5 Å². The highest BCUT2D eigenvalue weighted by Crippen LogP contribution is 2.28. The maximum absolute atomic E-state index is 13.2. The molecule has 4 N–H and O–H groups in total. The molecular weight excluding hydrogens is 492 g/mol. The minimum absolute atomic E-state index is 0.0671. The molecule has 3 aromatic carbocycles. The number of H-pyrrole nitrogens is 1. The zero-order valence-corrected chi connectivity index (χ0v) is 21.0. The standard InChI is InChI=1S/C26H26N6O4S/c1-31-11-13-32(14-12-31)17-7-9-20(21(15-17)24(27)33)26(34)28-25-22-16-19(8-10-23(22)29-30-25)37(35,36)18-5-3-2-4-6-18/h2-10,15-16H,11-14H2,1H3,(H2,27,33)(H2,28,29,30,34). The van der Waals surface area contributed by atoms with E-state index in [0.717, 1.165) is 31.9 Å². The number of aromatic nitrogens is 2. The third-order valence-corrected chi connectivity index (χ3v) is 8.28. The molecule has 1 aliphatic rings. The lowest BCUT2D eigenvalue weighted by Gasteiger charge is -2.34. The van der Waals surface area contributed by atoms with Gasteiger partial charge in [-0.05, 0) is 55.6 Å². The largest absolute Gasteiger partial charge is 0.369 e. The van der Waals surface area contributed by atoms with Gasteiger partial charge < -0.3 is 20.9 Å². The molecular formula is C26H26N6O4S. The van der Waals surface area contributed by atoms with Gasteiger partial charge in [0.15, 0.2) is 5.82 Å². The second-order valence-electron chi connectivity index (χ2n) is 8.93. The van der Waals surface area contributed by atoms with Crippen LogP contribution in [0.4, 0.5) is 11.5 Å². The van der Waals surface area contributed by atoms with E-state index in [9.17, 15) is 18.0 Å². The van der Waals surface area contributed by atoms with Gasteiger partial charge in [-0.2, -0.15) is 5.10 Å². The molecule has 0 radical (unpaired) electrons. The Bertz CT molecular complexity index is 1590. The van der Waals surface area contributed by atoms with Crippen molar-refractivity contribution in [2.75, 3.05) is 43.4 Å². The second kappa shape index (κ2) is 9.68. The van der Waals surface area contributed by atoms with Crippen LogP contribution in [0.1, 0.15) is 20.7 Å². The van der Waals surface area contributed by atoms with E-state index in [1.165, 1.54) is 24.3 Å². The van der Waals surface area contributed by atoms with E-state index in [1.807, 2.05) is 0 Å². The number of carbonyl (C=O) groups is 2. The highest BCUT2D eigenvalue weighted by Gasteiger charge is 2.23. The summed E-state index contributed by atoms with van der Waals surface area (Å²) in [4.78, 5) is 30.0. The number of nitrogens with two attached hydrogens (primary N) is 1. The fraction of sp³-hybridized carbons (Fsp3) is 0.192. The summed E-state index contributed by atoms with van der Waals surface area (Å²) in [5, 5.41) is 10.1. The summed E-state index contributed by atoms with van der Waals surface area (Å²) in [5.74, 6) is -1.16. The lowest BCUT2D eigenvalue weighted by molar-refractivity contribution is 0.0977. The Morgan fingerprint density at radius 1 is 0.919 bits per heavy atom. The van der Waals surface area contributed by atoms with Gasteiger partial charge in [0.05, 0.1) is 26.4 Å². The second-order valence-corrected chi connectivity index (χ2v) is 10.9. The Kier molecular flexibility index (Phi) is 6.40. The monoisotopic (exact) mass is 518 g/mol. The third kappa shape index (κ3) is 4.78. The van der Waals surface area contributed by atoms with Gasteiger partial charge in [-0.1, -0.05) is 18.2 Å². The quantitative estimate of drug-likeness (QED) is 0.356. The maximum Gasteiger partial charge on any atom is 0.257 e. The Balaban J connectivity index is 1.44. The molecule has 10 nitrogen and oxygen atoms in total. The number of fused-ring (bicyclic) bond motifs is 1. The molecule has 5 rings (SSSR count). The van der Waals surface area contributed by atoms with E-state index in [0.29, 0.717) is 10.9 Å². The van der Waals surface area contributed by atoms with E-state index >= 15 is 0 Å². The normalized spacial score (nSPS) is 14.6. The minimum atomic E-state index is -3.77. The van der Waals surface area contributed by atoms with Crippen LogP contribution in [0.5, 0.6) is 0 Å². The van der Waals surface area contributed by atoms with Crippen molar-refractivity contribution in [1.29, 1.82) is 0 Å². The SMILES string of the molecule is CN1CCN(c2ccc(C(=O)Nc3n[nH]c4ccc(S(=O)(=O)c5ccccc5)cc34)c(C(N)=O)c2)CC1. The lowest BCUT2D eigenvalue weighted by Crippen LogP contribution is -2.44. The number of hydrogen-bond donors (Lipinski definition) is 3. The highest BCUT2D eigenvalue weighted by molar-refractivity contribution is 7.91. The van der Waals surface area contributed by atoms with Crippen molar-refractivity contribution in [1.82, 2.24) is 15.1 Å². The molecule has 37 heavy (non-hydrogen) atoms. The Morgan fingerprint density at radius 2 is 1.65 bits per heavy atom. The van der Waals surface area contributed by atoms with Gasteiger partial charge in [0.2, 0.25) is 15.7 Å². The molecule has 2 amide bonds. The van der Waals surface area contributed by atoms with Gasteiger partial charge in [-0.15, -0.1) is 0 Å². The summed E-state index contributed by atoms with van der Waals surface area (Å²) in [5.41, 5.74) is 7.19. The van der Waals surface area contributed by atoms with Crippen LogP contribution in [-0.4, -0.2) is 68.6 Å². The molecule has 1 aliphatic heterocycles. The molecule has 0 aliphatic carbocycles. The molecule has 1 aromatic heterocycles. The number of amides is 2. The number of aromatic amines is 1. The van der Waals surface area contributed by atoms with Crippen molar-refractivity contribution in [3.63, 3.8) is 0 Å². The molecule has 190 valence electrons. The van der Waals surface area contributed by atoms with Gasteiger partial charge in [-0.25, -0.2) is 8.42 Å². The molecule has 0 spiro atoms. The first kappa shape index (κ1) is 24.5. The number of nitrogens with zero attached hydrogens (tertiary/aromatic N) is 3. The predicted molar refractivity (Wildman–Crippen MR) is 141 cm³/mol. The van der Waals surface area contributed by atoms with E-state index in [4.69, 9.17) is 5.73 Å². The van der Waals surface area contributed by atoms with E-state index in [-0.39, 0.29) is 26.7 Å². The summed E-state index contributed by atoms with van der Waals surface area (Å²) in [6, 6.07) is 17.6. The Labute approximate surface area is 214 Å². The number of piperazine rings is 1. The van der Waals surface area contributed by atoms with Crippen LogP contribution in [0, 0.1) is 0 Å². The average Bonchev–Trinajstić information content (AvgIpc) is 3.31. The molecule has 4 aromatic rings. The van der Waals surface area contributed by atoms with Crippen molar-refractivity contribution in [3.8, 4) is 0 Å².